The van der Waals surface area contributed by atoms with E-state index in [1.807, 2.05) is 0 Å². The van der Waals surface area contributed by atoms with Crippen molar-refractivity contribution in [2.45, 2.75) is 100 Å². The van der Waals surface area contributed by atoms with Crippen LogP contribution in [0.3, 0.4) is 0 Å². The molecule has 0 bridgehead atoms. The van der Waals surface area contributed by atoms with E-state index in [4.69, 9.17) is 0 Å². The molecule has 0 saturated carbocycles. The van der Waals surface area contributed by atoms with Crippen molar-refractivity contribution in [3.63, 3.8) is 0 Å². The fourth-order valence-corrected chi connectivity index (χ4v) is 18.0. The first kappa shape index (κ1) is 50.7. The number of hydrogen-bond donors (Lipinski definition) is 2. The van der Waals surface area contributed by atoms with Crippen LogP contribution in [0, 0.1) is 35.5 Å². The highest BCUT2D eigenvalue weighted by atomic mass is 15.2. The molecular formula is C82H74N4. The van der Waals surface area contributed by atoms with E-state index in [9.17, 15) is 0 Å². The van der Waals surface area contributed by atoms with Crippen LogP contribution in [0.1, 0.15) is 127 Å². The van der Waals surface area contributed by atoms with E-state index < -0.39 is 0 Å². The van der Waals surface area contributed by atoms with Gasteiger partial charge in [0.1, 0.15) is 0 Å². The third-order valence-corrected chi connectivity index (χ3v) is 22.3. The third kappa shape index (κ3) is 8.44. The summed E-state index contributed by atoms with van der Waals surface area (Å²) < 4.78 is 2.57. The Morgan fingerprint density at radius 1 is 0.581 bits per heavy atom. The number of nitrogens with zero attached hydrogens (tertiary/aromatic N) is 2. The molecule has 4 heterocycles. The number of anilines is 3. The topological polar surface area (TPSA) is 32.2 Å². The van der Waals surface area contributed by atoms with E-state index in [1.165, 1.54) is 137 Å². The lowest BCUT2D eigenvalue weighted by atomic mass is 9.65. The molecule has 18 rings (SSSR count). The van der Waals surface area contributed by atoms with E-state index in [2.05, 4.69) is 257 Å². The van der Waals surface area contributed by atoms with Crippen LogP contribution in [0.25, 0.3) is 40.6 Å². The zero-order valence-electron chi connectivity index (χ0n) is 49.0. The first-order valence-corrected chi connectivity index (χ1v) is 32.7. The first-order chi connectivity index (χ1) is 42.6. The number of rotatable bonds is 8. The third-order valence-electron chi connectivity index (χ3n) is 22.3. The van der Waals surface area contributed by atoms with Gasteiger partial charge < -0.3 is 20.1 Å². The Labute approximate surface area is 507 Å². The van der Waals surface area contributed by atoms with Gasteiger partial charge in [-0.05, 0) is 209 Å². The van der Waals surface area contributed by atoms with Crippen molar-refractivity contribution in [1.29, 1.82) is 0 Å². The number of nitrogens with one attached hydrogen (secondary N) is 2. The Balaban J connectivity index is 0.578. The van der Waals surface area contributed by atoms with Gasteiger partial charge in [-0.1, -0.05) is 188 Å². The number of hydrogen-bond acceptors (Lipinski definition) is 3. The smallest absolute Gasteiger partial charge is 0.0591 e. The van der Waals surface area contributed by atoms with Gasteiger partial charge in [-0.25, -0.2) is 0 Å². The fourth-order valence-electron chi connectivity index (χ4n) is 18.0. The summed E-state index contributed by atoms with van der Waals surface area (Å²) in [5.74, 6) is 4.14. The predicted octanol–water partition coefficient (Wildman–Crippen LogP) is 17.6. The molecule has 5 aromatic carbocycles. The lowest BCUT2D eigenvalue weighted by molar-refractivity contribution is 0.296. The summed E-state index contributed by atoms with van der Waals surface area (Å²) in [6.45, 7) is 0. The van der Waals surface area contributed by atoms with Crippen molar-refractivity contribution in [1.82, 2.24) is 9.88 Å². The molecule has 1 aromatic heterocycles. The molecule has 3 aliphatic heterocycles. The molecule has 2 N–H and O–H groups in total. The van der Waals surface area contributed by atoms with E-state index in [0.29, 0.717) is 65.3 Å². The SMILES string of the molecule is C1=CC2C=C(C3C=Cc4c(c5c(n4-c4ccc(C6=CC=C7Nc8ccc(C9=CC=C(c%10ccccc%10)CC9)cc8C7C6)cc4)=CCCC=5)C3)C=C(C3C=CC4NC5=CCC(c6ccc(N7c8ccccc8C8CCC=CC87)cc6)CC5C4C3)C2C=C1. The minimum atomic E-state index is 0.330. The van der Waals surface area contributed by atoms with Gasteiger partial charge in [0.15, 0.2) is 0 Å². The average molecular weight is 1120 g/mol. The molecule has 0 radical (unpaired) electrons. The second-order valence-corrected chi connectivity index (χ2v) is 26.8. The van der Waals surface area contributed by atoms with Gasteiger partial charge in [0.2, 0.25) is 0 Å². The number of para-hydroxylation sites is 1. The average Bonchev–Trinajstić information content (AvgIpc) is 3.18. The predicted molar refractivity (Wildman–Crippen MR) is 357 cm³/mol. The quantitative estimate of drug-likeness (QED) is 0.149. The van der Waals surface area contributed by atoms with Gasteiger partial charge in [0.05, 0.1) is 6.04 Å². The van der Waals surface area contributed by atoms with E-state index in [1.54, 1.807) is 5.57 Å². The summed E-state index contributed by atoms with van der Waals surface area (Å²) in [4.78, 5) is 2.61. The lowest BCUT2D eigenvalue weighted by Crippen LogP contribution is -2.33. The Morgan fingerprint density at radius 3 is 2.28 bits per heavy atom. The summed E-state index contributed by atoms with van der Waals surface area (Å²) in [7, 11) is 0. The summed E-state index contributed by atoms with van der Waals surface area (Å²) in [6.07, 6.45) is 59.2. The highest BCUT2D eigenvalue weighted by Crippen LogP contribution is 2.54. The summed E-state index contributed by atoms with van der Waals surface area (Å²) in [5.41, 5.74) is 26.7. The normalized spacial score (nSPS) is 29.1. The van der Waals surface area contributed by atoms with Crippen molar-refractivity contribution < 1.29 is 0 Å². The minimum absolute atomic E-state index is 0.330. The van der Waals surface area contributed by atoms with Crippen LogP contribution in [0.5, 0.6) is 0 Å². The molecule has 1 fully saturated rings. The molecule has 11 atom stereocenters. The molecule has 6 aromatic rings. The number of aromatic nitrogens is 1. The van der Waals surface area contributed by atoms with E-state index in [-0.39, 0.29) is 0 Å². The Morgan fingerprint density at radius 2 is 1.38 bits per heavy atom. The van der Waals surface area contributed by atoms with Crippen molar-refractivity contribution in [3.8, 4) is 5.69 Å². The monoisotopic (exact) mass is 1110 g/mol. The number of benzene rings is 5. The van der Waals surface area contributed by atoms with Crippen LogP contribution in [-0.4, -0.2) is 16.7 Å². The lowest BCUT2D eigenvalue weighted by Gasteiger charge is -2.38. The van der Waals surface area contributed by atoms with Crippen LogP contribution in [0.4, 0.5) is 17.1 Å². The maximum Gasteiger partial charge on any atom is 0.0591 e. The summed E-state index contributed by atoms with van der Waals surface area (Å²) in [6, 6.07) is 47.2. The van der Waals surface area contributed by atoms with Crippen LogP contribution in [0.2, 0.25) is 0 Å². The van der Waals surface area contributed by atoms with Gasteiger partial charge in [-0.2, -0.15) is 0 Å². The van der Waals surface area contributed by atoms with Gasteiger partial charge >= 0.3 is 0 Å². The first-order valence-electron chi connectivity index (χ1n) is 32.7. The molecule has 422 valence electrons. The van der Waals surface area contributed by atoms with E-state index in [0.717, 1.165) is 44.9 Å². The molecule has 1 saturated heterocycles. The zero-order chi connectivity index (χ0) is 56.4. The highest BCUT2D eigenvalue weighted by molar-refractivity contribution is 5.82. The molecule has 0 amide bonds. The molecule has 12 aliphatic rings. The fraction of sp³-hybridized carbons (Fsp3) is 0.268. The van der Waals surface area contributed by atoms with Crippen molar-refractivity contribution >= 4 is 52.0 Å². The summed E-state index contributed by atoms with van der Waals surface area (Å²) >= 11 is 0. The molecule has 4 nitrogen and oxygen atoms in total. The minimum Gasteiger partial charge on any atom is -0.382 e. The van der Waals surface area contributed by atoms with Crippen LogP contribution in [-0.2, 0) is 6.42 Å². The highest BCUT2D eigenvalue weighted by Gasteiger charge is 2.46. The zero-order valence-corrected chi connectivity index (χ0v) is 49.0. The van der Waals surface area contributed by atoms with Crippen molar-refractivity contribution in [3.05, 3.63) is 296 Å². The maximum atomic E-state index is 4.06. The Hall–Kier alpha value is -8.60. The largest absolute Gasteiger partial charge is 0.382 e. The van der Waals surface area contributed by atoms with Crippen LogP contribution >= 0.6 is 0 Å². The van der Waals surface area contributed by atoms with Gasteiger partial charge in [-0.3, -0.25) is 0 Å². The number of allylic oxidation sites excluding steroid dienone is 21. The van der Waals surface area contributed by atoms with Gasteiger partial charge in [0, 0.05) is 86.7 Å². The van der Waals surface area contributed by atoms with Crippen molar-refractivity contribution in [2.24, 2.45) is 35.5 Å². The van der Waals surface area contributed by atoms with Crippen LogP contribution < -0.4 is 26.1 Å². The second-order valence-electron chi connectivity index (χ2n) is 26.8. The van der Waals surface area contributed by atoms with Crippen molar-refractivity contribution in [2.75, 3.05) is 10.2 Å². The standard InChI is InChI=1S/C82H74N4/c1-2-12-51(13-3-1)52-22-24-53(25-23-52)56-30-39-75-70(45-56)71-46-57(31-40-76(71)83-75)55-28-37-64(38-29-55)86-81-21-11-8-18-68(81)74-48-59(34-43-82(74)86)62-44-60-14-4-5-15-65(60)69(50-62)61-33-42-78-73(49-61)72-47-58(32-41-77(72)84-78)54-26-35-63(36-27-54)85-79-19-9-6-16-66(79)67-17-7-10-20-80(67)85/h1-6,9-10,12-16,18-22,24,26-31,33-45,50,58-61,65,67,71-73,78,80,83-84H,7-8,11,17,23,25,32,46-49H2. The Kier molecular flexibility index (Phi) is 12.1. The second kappa shape index (κ2) is 20.5. The van der Waals surface area contributed by atoms with Gasteiger partial charge in [-0.15, -0.1) is 0 Å². The van der Waals surface area contributed by atoms with E-state index >= 15 is 0 Å². The number of fused-ring (bicyclic) bond motifs is 13. The molecule has 86 heavy (non-hydrogen) atoms. The maximum absolute atomic E-state index is 4.06. The molecule has 9 aliphatic carbocycles. The molecule has 4 heteroatoms. The molecular weight excluding hydrogens is 1040 g/mol. The Bertz CT molecular complexity index is 4320. The van der Waals surface area contributed by atoms with Crippen LogP contribution in [0.15, 0.2) is 241 Å². The molecule has 0 spiro atoms. The molecule has 11 unspecified atom stereocenters. The van der Waals surface area contributed by atoms with Gasteiger partial charge in [0.25, 0.3) is 0 Å². The summed E-state index contributed by atoms with van der Waals surface area (Å²) in [5, 5.41) is 10.7.